The maximum atomic E-state index is 5.76. The van der Waals surface area contributed by atoms with Crippen molar-refractivity contribution in [2.75, 3.05) is 13.2 Å². The lowest BCUT2D eigenvalue weighted by molar-refractivity contribution is 0.217. The van der Waals surface area contributed by atoms with Crippen molar-refractivity contribution in [2.45, 2.75) is 0 Å². The molecule has 4 rings (SSSR count). The summed E-state index contributed by atoms with van der Waals surface area (Å²) >= 11 is 0. The van der Waals surface area contributed by atoms with Gasteiger partial charge < -0.3 is 13.9 Å². The number of hydrogen-bond acceptors (Lipinski definition) is 5. The van der Waals surface area contributed by atoms with Gasteiger partial charge in [0.25, 0.3) is 0 Å². The molecule has 5 nitrogen and oxygen atoms in total. The first-order chi connectivity index (χ1) is 12.4. The Balaban J connectivity index is 1.41. The molecule has 25 heavy (non-hydrogen) atoms. The normalized spacial score (nSPS) is 10.7. The standard InChI is InChI=1S/C20H16N2O3/c1-2-6-16(7-3-1)23-11-12-24-17-8-9-19-18(13-17)22-20(25-19)15-5-4-10-21-14-15/h1-10,13-14H,11-12H2. The molecule has 4 aromatic rings. The molecule has 0 bridgehead atoms. The van der Waals surface area contributed by atoms with E-state index in [0.29, 0.717) is 24.7 Å². The summed E-state index contributed by atoms with van der Waals surface area (Å²) in [7, 11) is 0. The van der Waals surface area contributed by atoms with Crippen molar-refractivity contribution in [1.82, 2.24) is 9.97 Å². The number of benzene rings is 2. The maximum absolute atomic E-state index is 5.76. The second-order valence-electron chi connectivity index (χ2n) is 5.40. The van der Waals surface area contributed by atoms with Crippen LogP contribution in [0, 0.1) is 0 Å². The van der Waals surface area contributed by atoms with E-state index in [4.69, 9.17) is 13.9 Å². The highest BCUT2D eigenvalue weighted by molar-refractivity contribution is 5.77. The minimum absolute atomic E-state index is 0.452. The number of rotatable bonds is 6. The molecule has 0 saturated heterocycles. The van der Waals surface area contributed by atoms with Crippen molar-refractivity contribution >= 4 is 11.1 Å². The monoisotopic (exact) mass is 332 g/mol. The number of oxazole rings is 1. The summed E-state index contributed by atoms with van der Waals surface area (Å²) in [6.45, 7) is 0.926. The van der Waals surface area contributed by atoms with Crippen LogP contribution in [0.4, 0.5) is 0 Å². The van der Waals surface area contributed by atoms with Gasteiger partial charge in [0, 0.05) is 18.5 Å². The SMILES string of the molecule is c1ccc(OCCOc2ccc3oc(-c4cccnc4)nc3c2)cc1. The Morgan fingerprint density at radius 2 is 1.68 bits per heavy atom. The summed E-state index contributed by atoms with van der Waals surface area (Å²) in [6.07, 6.45) is 3.44. The molecule has 2 aromatic heterocycles. The Kier molecular flexibility index (Phi) is 4.29. The average Bonchev–Trinajstić information content (AvgIpc) is 3.10. The number of hydrogen-bond donors (Lipinski definition) is 0. The van der Waals surface area contributed by atoms with Crippen LogP contribution in [0.5, 0.6) is 11.5 Å². The number of pyridine rings is 1. The number of nitrogens with zero attached hydrogens (tertiary/aromatic N) is 2. The fourth-order valence-electron chi connectivity index (χ4n) is 2.45. The van der Waals surface area contributed by atoms with Gasteiger partial charge in [0.1, 0.15) is 30.2 Å². The van der Waals surface area contributed by atoms with Gasteiger partial charge in [0.15, 0.2) is 5.58 Å². The molecule has 0 aliphatic heterocycles. The van der Waals surface area contributed by atoms with Crippen LogP contribution in [0.25, 0.3) is 22.6 Å². The number of aromatic nitrogens is 2. The number of fused-ring (bicyclic) bond motifs is 1. The first-order valence-electron chi connectivity index (χ1n) is 8.00. The van der Waals surface area contributed by atoms with Gasteiger partial charge in [-0.05, 0) is 36.4 Å². The van der Waals surface area contributed by atoms with Gasteiger partial charge in [-0.15, -0.1) is 0 Å². The molecule has 2 aromatic carbocycles. The lowest BCUT2D eigenvalue weighted by atomic mass is 10.3. The fraction of sp³-hybridized carbons (Fsp3) is 0.100. The molecule has 0 radical (unpaired) electrons. The summed E-state index contributed by atoms with van der Waals surface area (Å²) in [5, 5.41) is 0. The zero-order valence-corrected chi connectivity index (χ0v) is 13.5. The summed E-state index contributed by atoms with van der Waals surface area (Å²) in [6, 6.07) is 19.0. The van der Waals surface area contributed by atoms with E-state index in [1.54, 1.807) is 12.4 Å². The predicted octanol–water partition coefficient (Wildman–Crippen LogP) is 4.35. The van der Waals surface area contributed by atoms with Crippen molar-refractivity contribution in [2.24, 2.45) is 0 Å². The Hall–Kier alpha value is -3.34. The first-order valence-corrected chi connectivity index (χ1v) is 8.00. The van der Waals surface area contributed by atoms with Crippen molar-refractivity contribution in [3.63, 3.8) is 0 Å². The highest BCUT2D eigenvalue weighted by Crippen LogP contribution is 2.26. The second kappa shape index (κ2) is 7.05. The third-order valence-corrected chi connectivity index (χ3v) is 3.63. The van der Waals surface area contributed by atoms with Crippen LogP contribution >= 0.6 is 0 Å². The molecule has 124 valence electrons. The van der Waals surface area contributed by atoms with Crippen LogP contribution in [-0.4, -0.2) is 23.2 Å². The third-order valence-electron chi connectivity index (χ3n) is 3.63. The van der Waals surface area contributed by atoms with E-state index in [2.05, 4.69) is 9.97 Å². The average molecular weight is 332 g/mol. The third kappa shape index (κ3) is 3.61. The summed E-state index contributed by atoms with van der Waals surface area (Å²) in [5.41, 5.74) is 2.31. The molecule has 2 heterocycles. The van der Waals surface area contributed by atoms with Crippen LogP contribution in [-0.2, 0) is 0 Å². The van der Waals surface area contributed by atoms with E-state index >= 15 is 0 Å². The van der Waals surface area contributed by atoms with Crippen LogP contribution in [0.1, 0.15) is 0 Å². The smallest absolute Gasteiger partial charge is 0.228 e. The number of para-hydroxylation sites is 1. The van der Waals surface area contributed by atoms with Crippen LogP contribution in [0.3, 0.4) is 0 Å². The second-order valence-corrected chi connectivity index (χ2v) is 5.40. The predicted molar refractivity (Wildman–Crippen MR) is 94.7 cm³/mol. The molecule has 5 heteroatoms. The van der Waals surface area contributed by atoms with E-state index in [-0.39, 0.29) is 0 Å². The Morgan fingerprint density at radius 1 is 0.840 bits per heavy atom. The molecule has 0 N–H and O–H groups in total. The van der Waals surface area contributed by atoms with Crippen molar-refractivity contribution in [1.29, 1.82) is 0 Å². The highest BCUT2D eigenvalue weighted by atomic mass is 16.5. The van der Waals surface area contributed by atoms with E-state index < -0.39 is 0 Å². The Labute approximate surface area is 144 Å². The van der Waals surface area contributed by atoms with Gasteiger partial charge in [-0.3, -0.25) is 4.98 Å². The summed E-state index contributed by atoms with van der Waals surface area (Å²) < 4.78 is 17.1. The van der Waals surface area contributed by atoms with Crippen LogP contribution < -0.4 is 9.47 Å². The molecule has 0 fully saturated rings. The highest BCUT2D eigenvalue weighted by Gasteiger charge is 2.09. The summed E-state index contributed by atoms with van der Waals surface area (Å²) in [4.78, 5) is 8.59. The van der Waals surface area contributed by atoms with Crippen LogP contribution in [0.15, 0.2) is 77.5 Å². The summed E-state index contributed by atoms with van der Waals surface area (Å²) in [5.74, 6) is 2.11. The van der Waals surface area contributed by atoms with Crippen molar-refractivity contribution < 1.29 is 13.9 Å². The maximum Gasteiger partial charge on any atom is 0.228 e. The zero-order chi connectivity index (χ0) is 16.9. The molecule has 0 aliphatic carbocycles. The molecule has 0 spiro atoms. The van der Waals surface area contributed by atoms with Gasteiger partial charge in [-0.2, -0.15) is 0 Å². The van der Waals surface area contributed by atoms with Crippen molar-refractivity contribution in [3.05, 3.63) is 73.1 Å². The molecular formula is C20H16N2O3. The molecule has 0 unspecified atom stereocenters. The number of ether oxygens (including phenoxy) is 2. The van der Waals surface area contributed by atoms with Crippen molar-refractivity contribution in [3.8, 4) is 23.0 Å². The lowest BCUT2D eigenvalue weighted by Gasteiger charge is -2.07. The van der Waals surface area contributed by atoms with Gasteiger partial charge in [0.05, 0.1) is 5.56 Å². The van der Waals surface area contributed by atoms with E-state index in [1.165, 1.54) is 0 Å². The Morgan fingerprint density at radius 3 is 2.48 bits per heavy atom. The molecule has 0 amide bonds. The molecular weight excluding hydrogens is 316 g/mol. The van der Waals surface area contributed by atoms with E-state index in [0.717, 1.165) is 22.6 Å². The lowest BCUT2D eigenvalue weighted by Crippen LogP contribution is -2.08. The van der Waals surface area contributed by atoms with E-state index in [9.17, 15) is 0 Å². The minimum atomic E-state index is 0.452. The topological polar surface area (TPSA) is 57.4 Å². The fourth-order valence-corrected chi connectivity index (χ4v) is 2.45. The largest absolute Gasteiger partial charge is 0.490 e. The first kappa shape index (κ1) is 15.2. The van der Waals surface area contributed by atoms with Gasteiger partial charge in [-0.25, -0.2) is 4.98 Å². The molecule has 0 atom stereocenters. The minimum Gasteiger partial charge on any atom is -0.490 e. The molecule has 0 aliphatic rings. The van der Waals surface area contributed by atoms with Gasteiger partial charge in [0.2, 0.25) is 5.89 Å². The quantitative estimate of drug-likeness (QED) is 0.491. The zero-order valence-electron chi connectivity index (χ0n) is 13.5. The Bertz CT molecular complexity index is 953. The van der Waals surface area contributed by atoms with E-state index in [1.807, 2.05) is 60.7 Å². The van der Waals surface area contributed by atoms with Gasteiger partial charge >= 0.3 is 0 Å². The van der Waals surface area contributed by atoms with Gasteiger partial charge in [-0.1, -0.05) is 18.2 Å². The van der Waals surface area contributed by atoms with Crippen LogP contribution in [0.2, 0.25) is 0 Å². The molecule has 0 saturated carbocycles.